The lowest BCUT2D eigenvalue weighted by atomic mass is 10.1. The summed E-state index contributed by atoms with van der Waals surface area (Å²) in [5.41, 5.74) is 2.97. The zero-order valence-electron chi connectivity index (χ0n) is 10.4. The number of aromatic nitrogens is 3. The van der Waals surface area contributed by atoms with Crippen LogP contribution in [0.4, 0.5) is 0 Å². The molecule has 2 aromatic heterocycles. The molecule has 0 saturated heterocycles. The largest absolute Gasteiger partial charge is 0.497 e. The SMILES string of the molecule is COc1ccc(Cc2cnc3ccc(Cl)nn23)cc1. The van der Waals surface area contributed by atoms with E-state index in [1.54, 1.807) is 17.7 Å². The number of fused-ring (bicyclic) bond motifs is 1. The van der Waals surface area contributed by atoms with Crippen LogP contribution in [0.15, 0.2) is 42.6 Å². The van der Waals surface area contributed by atoms with Gasteiger partial charge in [0.15, 0.2) is 5.65 Å². The fourth-order valence-corrected chi connectivity index (χ4v) is 2.11. The van der Waals surface area contributed by atoms with Gasteiger partial charge in [0, 0.05) is 6.42 Å². The second-order valence-electron chi connectivity index (χ2n) is 4.20. The summed E-state index contributed by atoms with van der Waals surface area (Å²) < 4.78 is 6.91. The van der Waals surface area contributed by atoms with Crippen molar-refractivity contribution in [2.24, 2.45) is 0 Å². The van der Waals surface area contributed by atoms with E-state index in [1.807, 2.05) is 36.5 Å². The molecule has 0 atom stereocenters. The first-order chi connectivity index (χ1) is 9.26. The maximum absolute atomic E-state index is 5.91. The predicted octanol–water partition coefficient (Wildman–Crippen LogP) is 2.98. The first kappa shape index (κ1) is 12.0. The van der Waals surface area contributed by atoms with Crippen LogP contribution in [-0.2, 0) is 6.42 Å². The zero-order chi connectivity index (χ0) is 13.2. The van der Waals surface area contributed by atoms with Crippen molar-refractivity contribution in [2.45, 2.75) is 6.42 Å². The van der Waals surface area contributed by atoms with Crippen molar-refractivity contribution in [3.05, 3.63) is 59.0 Å². The number of methoxy groups -OCH3 is 1. The van der Waals surface area contributed by atoms with E-state index in [1.165, 1.54) is 5.56 Å². The molecule has 1 aromatic carbocycles. The van der Waals surface area contributed by atoms with Gasteiger partial charge >= 0.3 is 0 Å². The Labute approximate surface area is 115 Å². The minimum atomic E-state index is 0.460. The predicted molar refractivity (Wildman–Crippen MR) is 73.8 cm³/mol. The molecule has 0 aliphatic heterocycles. The number of ether oxygens (including phenoxy) is 1. The molecular formula is C14H12ClN3O. The molecule has 0 N–H and O–H groups in total. The molecule has 3 aromatic rings. The quantitative estimate of drug-likeness (QED) is 0.736. The molecule has 0 fully saturated rings. The smallest absolute Gasteiger partial charge is 0.153 e. The molecule has 0 bridgehead atoms. The van der Waals surface area contributed by atoms with Crippen LogP contribution in [0.25, 0.3) is 5.65 Å². The van der Waals surface area contributed by atoms with Crippen LogP contribution in [0.1, 0.15) is 11.3 Å². The van der Waals surface area contributed by atoms with Crippen molar-refractivity contribution in [1.29, 1.82) is 0 Å². The van der Waals surface area contributed by atoms with Gasteiger partial charge < -0.3 is 4.74 Å². The standard InChI is InChI=1S/C14H12ClN3O/c1-19-12-4-2-10(3-5-12)8-11-9-16-14-7-6-13(15)17-18(11)14/h2-7,9H,8H2,1H3. The third-order valence-corrected chi connectivity index (χ3v) is 3.15. The summed E-state index contributed by atoms with van der Waals surface area (Å²) in [5.74, 6) is 0.850. The first-order valence-electron chi connectivity index (χ1n) is 5.88. The Hall–Kier alpha value is -2.07. The summed E-state index contributed by atoms with van der Waals surface area (Å²) in [6.45, 7) is 0. The topological polar surface area (TPSA) is 39.4 Å². The molecular weight excluding hydrogens is 262 g/mol. The molecule has 2 heterocycles. The molecule has 0 amide bonds. The van der Waals surface area contributed by atoms with Crippen LogP contribution in [0, 0.1) is 0 Å². The number of hydrogen-bond acceptors (Lipinski definition) is 3. The van der Waals surface area contributed by atoms with Crippen molar-refractivity contribution in [1.82, 2.24) is 14.6 Å². The summed E-state index contributed by atoms with van der Waals surface area (Å²) in [6, 6.07) is 11.5. The van der Waals surface area contributed by atoms with E-state index >= 15 is 0 Å². The molecule has 19 heavy (non-hydrogen) atoms. The molecule has 0 unspecified atom stereocenters. The van der Waals surface area contributed by atoms with E-state index in [2.05, 4.69) is 10.1 Å². The normalized spacial score (nSPS) is 10.8. The molecule has 0 spiro atoms. The van der Waals surface area contributed by atoms with Gasteiger partial charge in [0.1, 0.15) is 10.9 Å². The van der Waals surface area contributed by atoms with Crippen LogP contribution in [0.2, 0.25) is 5.15 Å². The summed E-state index contributed by atoms with van der Waals surface area (Å²) >= 11 is 5.91. The number of benzene rings is 1. The van der Waals surface area contributed by atoms with E-state index in [0.29, 0.717) is 5.15 Å². The van der Waals surface area contributed by atoms with Gasteiger partial charge in [-0.15, -0.1) is 0 Å². The van der Waals surface area contributed by atoms with Gasteiger partial charge in [-0.1, -0.05) is 23.7 Å². The highest BCUT2D eigenvalue weighted by atomic mass is 35.5. The van der Waals surface area contributed by atoms with E-state index in [-0.39, 0.29) is 0 Å². The van der Waals surface area contributed by atoms with Gasteiger partial charge in [-0.05, 0) is 29.8 Å². The second-order valence-corrected chi connectivity index (χ2v) is 4.59. The van der Waals surface area contributed by atoms with Crippen LogP contribution >= 0.6 is 11.6 Å². The molecule has 0 aliphatic carbocycles. The van der Waals surface area contributed by atoms with E-state index < -0.39 is 0 Å². The zero-order valence-corrected chi connectivity index (χ0v) is 11.1. The summed E-state index contributed by atoms with van der Waals surface area (Å²) in [5, 5.41) is 4.72. The highest BCUT2D eigenvalue weighted by molar-refractivity contribution is 6.29. The number of halogens is 1. The fourth-order valence-electron chi connectivity index (χ4n) is 1.97. The minimum absolute atomic E-state index is 0.460. The monoisotopic (exact) mass is 273 g/mol. The fraction of sp³-hybridized carbons (Fsp3) is 0.143. The number of hydrogen-bond donors (Lipinski definition) is 0. The maximum Gasteiger partial charge on any atom is 0.153 e. The van der Waals surface area contributed by atoms with Gasteiger partial charge in [-0.25, -0.2) is 9.50 Å². The Morgan fingerprint density at radius 2 is 1.95 bits per heavy atom. The van der Waals surface area contributed by atoms with Crippen LogP contribution in [-0.4, -0.2) is 21.7 Å². The molecule has 0 radical (unpaired) electrons. The first-order valence-corrected chi connectivity index (χ1v) is 6.26. The summed E-state index contributed by atoms with van der Waals surface area (Å²) in [7, 11) is 1.66. The summed E-state index contributed by atoms with van der Waals surface area (Å²) in [4.78, 5) is 4.31. The Morgan fingerprint density at radius 1 is 1.16 bits per heavy atom. The summed E-state index contributed by atoms with van der Waals surface area (Å²) in [6.07, 6.45) is 2.57. The minimum Gasteiger partial charge on any atom is -0.497 e. The average molecular weight is 274 g/mol. The highest BCUT2D eigenvalue weighted by Gasteiger charge is 2.06. The van der Waals surface area contributed by atoms with Crippen LogP contribution in [0.3, 0.4) is 0 Å². The highest BCUT2D eigenvalue weighted by Crippen LogP contribution is 2.16. The lowest BCUT2D eigenvalue weighted by molar-refractivity contribution is 0.414. The van der Waals surface area contributed by atoms with E-state index in [4.69, 9.17) is 16.3 Å². The van der Waals surface area contributed by atoms with Crippen molar-refractivity contribution >= 4 is 17.2 Å². The third-order valence-electron chi connectivity index (χ3n) is 2.94. The number of rotatable bonds is 3. The van der Waals surface area contributed by atoms with E-state index in [9.17, 15) is 0 Å². The van der Waals surface area contributed by atoms with Gasteiger partial charge in [0.05, 0.1) is 19.0 Å². The van der Waals surface area contributed by atoms with Crippen molar-refractivity contribution < 1.29 is 4.74 Å². The van der Waals surface area contributed by atoms with E-state index in [0.717, 1.165) is 23.5 Å². The van der Waals surface area contributed by atoms with Crippen LogP contribution < -0.4 is 4.74 Å². The average Bonchev–Trinajstić information content (AvgIpc) is 2.82. The molecule has 96 valence electrons. The Balaban J connectivity index is 1.93. The van der Waals surface area contributed by atoms with Gasteiger partial charge in [-0.3, -0.25) is 0 Å². The molecule has 4 nitrogen and oxygen atoms in total. The lowest BCUT2D eigenvalue weighted by Gasteiger charge is -2.03. The van der Waals surface area contributed by atoms with Crippen molar-refractivity contribution in [3.63, 3.8) is 0 Å². The van der Waals surface area contributed by atoms with Gasteiger partial charge in [0.2, 0.25) is 0 Å². The Kier molecular flexibility index (Phi) is 3.09. The second kappa shape index (κ2) is 4.90. The molecule has 0 aliphatic rings. The molecule has 0 saturated carbocycles. The van der Waals surface area contributed by atoms with Crippen molar-refractivity contribution in [3.8, 4) is 5.75 Å². The number of imidazole rings is 1. The van der Waals surface area contributed by atoms with Gasteiger partial charge in [0.25, 0.3) is 0 Å². The molecule has 3 rings (SSSR count). The van der Waals surface area contributed by atoms with Crippen molar-refractivity contribution in [2.75, 3.05) is 7.11 Å². The number of nitrogens with zero attached hydrogens (tertiary/aromatic N) is 3. The van der Waals surface area contributed by atoms with Gasteiger partial charge in [-0.2, -0.15) is 5.10 Å². The Bertz CT molecular complexity index is 706. The molecule has 5 heteroatoms. The maximum atomic E-state index is 5.91. The third kappa shape index (κ3) is 2.39. The van der Waals surface area contributed by atoms with Crippen LogP contribution in [0.5, 0.6) is 5.75 Å². The Morgan fingerprint density at radius 3 is 2.68 bits per heavy atom. The lowest BCUT2D eigenvalue weighted by Crippen LogP contribution is -1.98.